The average molecular weight is 227 g/mol. The molecule has 0 unspecified atom stereocenters. The number of aliphatic hydroxyl groups is 1. The van der Waals surface area contributed by atoms with Crippen molar-refractivity contribution in [2.75, 3.05) is 25.2 Å². The summed E-state index contributed by atoms with van der Waals surface area (Å²) in [6, 6.07) is 0. The van der Waals surface area contributed by atoms with Gasteiger partial charge in [0, 0.05) is 5.33 Å². The summed E-state index contributed by atoms with van der Waals surface area (Å²) in [6.07, 6.45) is 0. The number of aliphatic hydroxyl groups excluding tert-OH is 1. The summed E-state index contributed by atoms with van der Waals surface area (Å²) in [4.78, 5) is 0. The van der Waals surface area contributed by atoms with Crippen LogP contribution in [-0.4, -0.2) is 36.0 Å². The molecule has 0 spiro atoms. The predicted molar refractivity (Wildman–Crippen MR) is 46.9 cm³/mol. The molecule has 0 atom stereocenters. The van der Waals surface area contributed by atoms with Gasteiger partial charge in [-0.25, -0.2) is 0 Å². The van der Waals surface area contributed by atoms with Crippen molar-refractivity contribution >= 4 is 15.9 Å². The molecule has 4 heteroatoms. The summed E-state index contributed by atoms with van der Waals surface area (Å²) in [6.45, 7) is 4.60. The van der Waals surface area contributed by atoms with Crippen molar-refractivity contribution in [2.45, 2.75) is 19.6 Å². The second-order valence-electron chi connectivity index (χ2n) is 2.51. The Hall–Kier alpha value is 0.360. The highest BCUT2D eigenvalue weighted by atomic mass is 79.9. The molecule has 0 amide bonds. The van der Waals surface area contributed by atoms with Gasteiger partial charge in [-0.15, -0.1) is 0 Å². The molecule has 68 valence electrons. The minimum absolute atomic E-state index is 0.0289. The van der Waals surface area contributed by atoms with Crippen LogP contribution in [0.4, 0.5) is 0 Å². The highest BCUT2D eigenvalue weighted by Gasteiger charge is 2.17. The monoisotopic (exact) mass is 226 g/mol. The second-order valence-corrected chi connectivity index (χ2v) is 3.30. The Kier molecular flexibility index (Phi) is 6.14. The molecule has 0 aliphatic rings. The molecule has 0 fully saturated rings. The number of hydrogen-bond donors (Lipinski definition) is 1. The van der Waals surface area contributed by atoms with Crippen LogP contribution in [0.25, 0.3) is 0 Å². The van der Waals surface area contributed by atoms with E-state index in [-0.39, 0.29) is 6.61 Å². The normalized spacial score (nSPS) is 12.0. The fourth-order valence-electron chi connectivity index (χ4n) is 0.617. The van der Waals surface area contributed by atoms with Crippen molar-refractivity contribution in [2.24, 2.45) is 0 Å². The molecule has 0 heterocycles. The lowest BCUT2D eigenvalue weighted by Gasteiger charge is -2.24. The van der Waals surface area contributed by atoms with Gasteiger partial charge in [-0.05, 0) is 13.8 Å². The smallest absolute Gasteiger partial charge is 0.162 e. The van der Waals surface area contributed by atoms with Crippen molar-refractivity contribution in [3.8, 4) is 0 Å². The third-order valence-electron chi connectivity index (χ3n) is 1.07. The molecular formula is C7H15BrO3. The van der Waals surface area contributed by atoms with E-state index in [1.807, 2.05) is 13.8 Å². The van der Waals surface area contributed by atoms with Gasteiger partial charge in [-0.1, -0.05) is 15.9 Å². The first-order chi connectivity index (χ1) is 5.12. The van der Waals surface area contributed by atoms with Gasteiger partial charge in [-0.3, -0.25) is 0 Å². The first-order valence-electron chi connectivity index (χ1n) is 3.57. The Morgan fingerprint density at radius 3 is 2.27 bits per heavy atom. The number of rotatable bonds is 6. The molecule has 1 N–H and O–H groups in total. The summed E-state index contributed by atoms with van der Waals surface area (Å²) >= 11 is 3.24. The Morgan fingerprint density at radius 1 is 1.27 bits per heavy atom. The fraction of sp³-hybridized carbons (Fsp3) is 1.00. The van der Waals surface area contributed by atoms with E-state index in [2.05, 4.69) is 15.9 Å². The molecule has 3 nitrogen and oxygen atoms in total. The summed E-state index contributed by atoms with van der Waals surface area (Å²) in [5.41, 5.74) is 0. The average Bonchev–Trinajstić information content (AvgIpc) is 1.97. The van der Waals surface area contributed by atoms with Crippen LogP contribution in [0.1, 0.15) is 13.8 Å². The molecule has 0 aliphatic carbocycles. The lowest BCUT2D eigenvalue weighted by atomic mass is 10.4. The summed E-state index contributed by atoms with van der Waals surface area (Å²) < 4.78 is 10.5. The standard InChI is InChI=1S/C7H15BrO3/c1-7(2,10-5-3-8)11-6-4-9/h9H,3-6H2,1-2H3. The minimum Gasteiger partial charge on any atom is -0.394 e. The molecule has 0 rings (SSSR count). The van der Waals surface area contributed by atoms with Gasteiger partial charge in [0.05, 0.1) is 19.8 Å². The Labute approximate surface area is 75.8 Å². The van der Waals surface area contributed by atoms with Gasteiger partial charge in [0.2, 0.25) is 0 Å². The van der Waals surface area contributed by atoms with Crippen molar-refractivity contribution in [1.29, 1.82) is 0 Å². The van der Waals surface area contributed by atoms with E-state index >= 15 is 0 Å². The molecule has 0 aromatic carbocycles. The van der Waals surface area contributed by atoms with E-state index in [0.29, 0.717) is 13.2 Å². The van der Waals surface area contributed by atoms with E-state index < -0.39 is 5.79 Å². The molecule has 0 radical (unpaired) electrons. The molecule has 0 saturated heterocycles. The van der Waals surface area contributed by atoms with E-state index in [0.717, 1.165) is 5.33 Å². The maximum absolute atomic E-state index is 8.47. The summed E-state index contributed by atoms with van der Waals surface area (Å²) in [5, 5.41) is 9.26. The first kappa shape index (κ1) is 11.4. The number of halogens is 1. The van der Waals surface area contributed by atoms with Gasteiger partial charge in [0.1, 0.15) is 0 Å². The predicted octanol–water partition coefficient (Wildman–Crippen LogP) is 1.14. The van der Waals surface area contributed by atoms with Crippen LogP contribution in [0.3, 0.4) is 0 Å². The number of ether oxygens (including phenoxy) is 2. The highest BCUT2D eigenvalue weighted by Crippen LogP contribution is 2.10. The Bertz CT molecular complexity index is 85.7. The van der Waals surface area contributed by atoms with Gasteiger partial charge < -0.3 is 14.6 Å². The molecule has 0 aromatic heterocycles. The van der Waals surface area contributed by atoms with Crippen LogP contribution in [-0.2, 0) is 9.47 Å². The van der Waals surface area contributed by atoms with E-state index in [4.69, 9.17) is 14.6 Å². The highest BCUT2D eigenvalue weighted by molar-refractivity contribution is 9.09. The van der Waals surface area contributed by atoms with Crippen LogP contribution in [0.2, 0.25) is 0 Å². The van der Waals surface area contributed by atoms with Crippen molar-refractivity contribution in [1.82, 2.24) is 0 Å². The van der Waals surface area contributed by atoms with Gasteiger partial charge in [0.25, 0.3) is 0 Å². The van der Waals surface area contributed by atoms with Gasteiger partial charge in [-0.2, -0.15) is 0 Å². The topological polar surface area (TPSA) is 38.7 Å². The molecule has 0 aromatic rings. The van der Waals surface area contributed by atoms with Crippen LogP contribution < -0.4 is 0 Å². The quantitative estimate of drug-likeness (QED) is 0.546. The van der Waals surface area contributed by atoms with Crippen molar-refractivity contribution in [3.63, 3.8) is 0 Å². The zero-order chi connectivity index (χ0) is 8.74. The lowest BCUT2D eigenvalue weighted by Crippen LogP contribution is -2.30. The van der Waals surface area contributed by atoms with Gasteiger partial charge in [0.15, 0.2) is 5.79 Å². The van der Waals surface area contributed by atoms with Gasteiger partial charge >= 0.3 is 0 Å². The van der Waals surface area contributed by atoms with Crippen molar-refractivity contribution in [3.05, 3.63) is 0 Å². The number of hydrogen-bond acceptors (Lipinski definition) is 3. The molecular weight excluding hydrogens is 212 g/mol. The van der Waals surface area contributed by atoms with Crippen LogP contribution in [0, 0.1) is 0 Å². The number of alkyl halides is 1. The van der Waals surface area contributed by atoms with E-state index in [1.54, 1.807) is 0 Å². The minimum atomic E-state index is -0.587. The SMILES string of the molecule is CC(C)(OCCO)OCCBr. The molecule has 0 bridgehead atoms. The molecule has 0 aliphatic heterocycles. The van der Waals surface area contributed by atoms with Crippen LogP contribution in [0.15, 0.2) is 0 Å². The Morgan fingerprint density at radius 2 is 1.82 bits per heavy atom. The fourth-order valence-corrected chi connectivity index (χ4v) is 0.779. The first-order valence-corrected chi connectivity index (χ1v) is 4.69. The lowest BCUT2D eigenvalue weighted by molar-refractivity contribution is -0.213. The summed E-state index contributed by atoms with van der Waals surface area (Å²) in [5.74, 6) is -0.587. The van der Waals surface area contributed by atoms with E-state index in [9.17, 15) is 0 Å². The zero-order valence-corrected chi connectivity index (χ0v) is 8.56. The maximum Gasteiger partial charge on any atom is 0.162 e. The third kappa shape index (κ3) is 6.75. The van der Waals surface area contributed by atoms with Crippen LogP contribution >= 0.6 is 15.9 Å². The Balaban J connectivity index is 3.43. The van der Waals surface area contributed by atoms with E-state index in [1.165, 1.54) is 0 Å². The third-order valence-corrected chi connectivity index (χ3v) is 1.39. The molecule has 11 heavy (non-hydrogen) atoms. The second kappa shape index (κ2) is 5.94. The summed E-state index contributed by atoms with van der Waals surface area (Å²) in [7, 11) is 0. The largest absolute Gasteiger partial charge is 0.394 e. The van der Waals surface area contributed by atoms with Crippen LogP contribution in [0.5, 0.6) is 0 Å². The molecule has 0 saturated carbocycles. The maximum atomic E-state index is 8.47. The zero-order valence-electron chi connectivity index (χ0n) is 6.97. The van der Waals surface area contributed by atoms with Crippen molar-refractivity contribution < 1.29 is 14.6 Å².